The lowest BCUT2D eigenvalue weighted by molar-refractivity contribution is 0.922. The standard InChI is InChI=1S/C18H19N5/c1-2-3-14-4-6-15(7-5-14)23-18-20-12-17(13-21-18)22-16-8-10-19-11-9-16/h4-13H,2-3H2,1H3,(H,19,22)(H,20,21,23). The third kappa shape index (κ3) is 4.26. The van der Waals surface area contributed by atoms with Gasteiger partial charge in [0.2, 0.25) is 5.95 Å². The van der Waals surface area contributed by atoms with E-state index in [1.807, 2.05) is 12.1 Å². The number of nitrogens with zero attached hydrogens (tertiary/aromatic N) is 3. The van der Waals surface area contributed by atoms with E-state index in [0.29, 0.717) is 5.95 Å². The Balaban J connectivity index is 1.63. The normalized spacial score (nSPS) is 10.3. The average Bonchev–Trinajstić information content (AvgIpc) is 2.60. The van der Waals surface area contributed by atoms with Gasteiger partial charge in [-0.1, -0.05) is 25.5 Å². The highest BCUT2D eigenvalue weighted by atomic mass is 15.1. The lowest BCUT2D eigenvalue weighted by Crippen LogP contribution is -1.98. The predicted octanol–water partition coefficient (Wildman–Crippen LogP) is 4.31. The van der Waals surface area contributed by atoms with Crippen LogP contribution in [-0.2, 0) is 6.42 Å². The van der Waals surface area contributed by atoms with E-state index in [-0.39, 0.29) is 0 Å². The molecule has 5 nitrogen and oxygen atoms in total. The number of aryl methyl sites for hydroxylation is 1. The minimum absolute atomic E-state index is 0.577. The molecule has 3 aromatic rings. The Bertz CT molecular complexity index is 724. The molecule has 116 valence electrons. The second-order valence-corrected chi connectivity index (χ2v) is 5.23. The summed E-state index contributed by atoms with van der Waals surface area (Å²) < 4.78 is 0. The highest BCUT2D eigenvalue weighted by molar-refractivity contribution is 5.59. The van der Waals surface area contributed by atoms with Gasteiger partial charge in [0.25, 0.3) is 0 Å². The van der Waals surface area contributed by atoms with Gasteiger partial charge in [-0.15, -0.1) is 0 Å². The number of rotatable bonds is 6. The molecule has 0 aliphatic heterocycles. The molecule has 0 atom stereocenters. The Labute approximate surface area is 135 Å². The van der Waals surface area contributed by atoms with Gasteiger partial charge in [-0.3, -0.25) is 4.98 Å². The molecular formula is C18H19N5. The van der Waals surface area contributed by atoms with Crippen LogP contribution in [0.5, 0.6) is 0 Å². The number of nitrogens with one attached hydrogen (secondary N) is 2. The van der Waals surface area contributed by atoms with Crippen molar-refractivity contribution >= 4 is 23.0 Å². The molecule has 0 spiro atoms. The molecule has 1 aromatic carbocycles. The minimum atomic E-state index is 0.577. The lowest BCUT2D eigenvalue weighted by Gasteiger charge is -2.08. The fourth-order valence-corrected chi connectivity index (χ4v) is 2.23. The van der Waals surface area contributed by atoms with Gasteiger partial charge in [-0.25, -0.2) is 9.97 Å². The Kier molecular flexibility index (Phi) is 4.79. The van der Waals surface area contributed by atoms with Crippen molar-refractivity contribution in [2.24, 2.45) is 0 Å². The summed E-state index contributed by atoms with van der Waals surface area (Å²) in [6.45, 7) is 2.18. The topological polar surface area (TPSA) is 62.7 Å². The number of hydrogen-bond donors (Lipinski definition) is 2. The van der Waals surface area contributed by atoms with Crippen molar-refractivity contribution in [3.8, 4) is 0 Å². The molecule has 3 rings (SSSR count). The van der Waals surface area contributed by atoms with Gasteiger partial charge >= 0.3 is 0 Å². The maximum atomic E-state index is 4.33. The van der Waals surface area contributed by atoms with E-state index < -0.39 is 0 Å². The summed E-state index contributed by atoms with van der Waals surface area (Å²) in [6.07, 6.45) is 9.24. The van der Waals surface area contributed by atoms with E-state index in [2.05, 4.69) is 56.8 Å². The third-order valence-corrected chi connectivity index (χ3v) is 3.37. The Hall–Kier alpha value is -2.95. The van der Waals surface area contributed by atoms with Crippen LogP contribution in [0.1, 0.15) is 18.9 Å². The number of aromatic nitrogens is 3. The van der Waals surface area contributed by atoms with Crippen molar-refractivity contribution in [2.45, 2.75) is 19.8 Å². The quantitative estimate of drug-likeness (QED) is 0.710. The minimum Gasteiger partial charge on any atom is -0.353 e. The van der Waals surface area contributed by atoms with E-state index in [9.17, 15) is 0 Å². The molecule has 23 heavy (non-hydrogen) atoms. The highest BCUT2D eigenvalue weighted by Crippen LogP contribution is 2.17. The molecule has 2 N–H and O–H groups in total. The van der Waals surface area contributed by atoms with Crippen LogP contribution in [0, 0.1) is 0 Å². The van der Waals surface area contributed by atoms with Crippen molar-refractivity contribution < 1.29 is 0 Å². The van der Waals surface area contributed by atoms with Gasteiger partial charge in [0.15, 0.2) is 0 Å². The van der Waals surface area contributed by atoms with E-state index in [0.717, 1.165) is 29.9 Å². The summed E-state index contributed by atoms with van der Waals surface area (Å²) in [4.78, 5) is 12.6. The van der Waals surface area contributed by atoms with Gasteiger partial charge in [-0.05, 0) is 36.2 Å². The first-order valence-corrected chi connectivity index (χ1v) is 7.68. The zero-order chi connectivity index (χ0) is 15.9. The second-order valence-electron chi connectivity index (χ2n) is 5.23. The van der Waals surface area contributed by atoms with Crippen LogP contribution in [0.2, 0.25) is 0 Å². The maximum absolute atomic E-state index is 4.33. The molecule has 0 unspecified atom stereocenters. The molecule has 0 aliphatic carbocycles. The van der Waals surface area contributed by atoms with Crippen molar-refractivity contribution in [2.75, 3.05) is 10.6 Å². The SMILES string of the molecule is CCCc1ccc(Nc2ncc(Nc3ccncc3)cn2)cc1. The fraction of sp³-hybridized carbons (Fsp3) is 0.167. The van der Waals surface area contributed by atoms with Crippen LogP contribution in [-0.4, -0.2) is 15.0 Å². The van der Waals surface area contributed by atoms with Crippen molar-refractivity contribution in [3.63, 3.8) is 0 Å². The smallest absolute Gasteiger partial charge is 0.227 e. The van der Waals surface area contributed by atoms with Gasteiger partial charge in [0, 0.05) is 23.8 Å². The zero-order valence-corrected chi connectivity index (χ0v) is 13.0. The molecule has 5 heteroatoms. The summed E-state index contributed by atoms with van der Waals surface area (Å²) >= 11 is 0. The number of anilines is 4. The first kappa shape index (κ1) is 15.0. The van der Waals surface area contributed by atoms with Gasteiger partial charge < -0.3 is 10.6 Å². The molecule has 0 saturated heterocycles. The van der Waals surface area contributed by atoms with Gasteiger partial charge in [0.1, 0.15) is 0 Å². The van der Waals surface area contributed by atoms with E-state index in [4.69, 9.17) is 0 Å². The van der Waals surface area contributed by atoms with Crippen LogP contribution in [0.4, 0.5) is 23.0 Å². The first-order valence-electron chi connectivity index (χ1n) is 7.68. The summed E-state index contributed by atoms with van der Waals surface area (Å²) in [5, 5.41) is 6.43. The van der Waals surface area contributed by atoms with Crippen molar-refractivity contribution in [1.82, 2.24) is 15.0 Å². The molecule has 2 aromatic heterocycles. The Morgan fingerprint density at radius 1 is 0.783 bits per heavy atom. The maximum Gasteiger partial charge on any atom is 0.227 e. The van der Waals surface area contributed by atoms with E-state index in [1.54, 1.807) is 24.8 Å². The molecule has 2 heterocycles. The molecule has 0 radical (unpaired) electrons. The summed E-state index contributed by atoms with van der Waals surface area (Å²) in [5.74, 6) is 0.577. The van der Waals surface area contributed by atoms with E-state index >= 15 is 0 Å². The second kappa shape index (κ2) is 7.35. The van der Waals surface area contributed by atoms with Crippen molar-refractivity contribution in [3.05, 3.63) is 66.7 Å². The number of hydrogen-bond acceptors (Lipinski definition) is 5. The van der Waals surface area contributed by atoms with E-state index in [1.165, 1.54) is 5.56 Å². The summed E-state index contributed by atoms with van der Waals surface area (Å²) in [7, 11) is 0. The van der Waals surface area contributed by atoms with Crippen molar-refractivity contribution in [1.29, 1.82) is 0 Å². The van der Waals surface area contributed by atoms with Gasteiger partial charge in [0.05, 0.1) is 18.1 Å². The monoisotopic (exact) mass is 305 g/mol. The molecular weight excluding hydrogens is 286 g/mol. The molecule has 0 fully saturated rings. The Morgan fingerprint density at radius 3 is 2.09 bits per heavy atom. The highest BCUT2D eigenvalue weighted by Gasteiger charge is 2.00. The Morgan fingerprint density at radius 2 is 1.43 bits per heavy atom. The average molecular weight is 305 g/mol. The molecule has 0 aliphatic rings. The van der Waals surface area contributed by atoms with Crippen LogP contribution in [0.3, 0.4) is 0 Å². The molecule has 0 bridgehead atoms. The van der Waals surface area contributed by atoms with Crippen LogP contribution in [0.25, 0.3) is 0 Å². The molecule has 0 saturated carbocycles. The van der Waals surface area contributed by atoms with Crippen LogP contribution >= 0.6 is 0 Å². The predicted molar refractivity (Wildman–Crippen MR) is 93.3 cm³/mol. The van der Waals surface area contributed by atoms with Gasteiger partial charge in [-0.2, -0.15) is 0 Å². The zero-order valence-electron chi connectivity index (χ0n) is 13.0. The first-order chi connectivity index (χ1) is 11.3. The van der Waals surface area contributed by atoms with Crippen LogP contribution in [0.15, 0.2) is 61.2 Å². The largest absolute Gasteiger partial charge is 0.353 e. The summed E-state index contributed by atoms with van der Waals surface area (Å²) in [5.41, 5.74) is 4.12. The fourth-order valence-electron chi connectivity index (χ4n) is 2.23. The summed E-state index contributed by atoms with van der Waals surface area (Å²) in [6, 6.07) is 12.2. The lowest BCUT2D eigenvalue weighted by atomic mass is 10.1. The van der Waals surface area contributed by atoms with Crippen LogP contribution < -0.4 is 10.6 Å². The number of benzene rings is 1. The molecule has 0 amide bonds. The number of pyridine rings is 1. The third-order valence-electron chi connectivity index (χ3n) is 3.37.